The summed E-state index contributed by atoms with van der Waals surface area (Å²) >= 11 is 0. The molecule has 0 aliphatic carbocycles. The minimum atomic E-state index is -0.163. The van der Waals surface area contributed by atoms with Crippen LogP contribution in [0.25, 0.3) is 10.8 Å². The Morgan fingerprint density at radius 3 is 2.37 bits per heavy atom. The van der Waals surface area contributed by atoms with E-state index >= 15 is 0 Å². The van der Waals surface area contributed by atoms with Crippen molar-refractivity contribution in [3.8, 4) is 5.75 Å². The van der Waals surface area contributed by atoms with Crippen LogP contribution in [0.1, 0.15) is 46.1 Å². The summed E-state index contributed by atoms with van der Waals surface area (Å²) in [6.45, 7) is 11.3. The second-order valence-corrected chi connectivity index (χ2v) is 6.76. The second kappa shape index (κ2) is 3.75. The van der Waals surface area contributed by atoms with Crippen molar-refractivity contribution in [2.75, 3.05) is 0 Å². The van der Waals surface area contributed by atoms with Gasteiger partial charge in [0.15, 0.2) is 0 Å². The predicted molar refractivity (Wildman–Crippen MR) is 80.9 cm³/mol. The average molecular weight is 254 g/mol. The Balaban J connectivity index is 2.31. The SMILES string of the molecule is CC1c2ccc3ccccc3c2OC(C)(C)C1(C)C. The summed E-state index contributed by atoms with van der Waals surface area (Å²) in [5.74, 6) is 1.56. The van der Waals surface area contributed by atoms with Crippen molar-refractivity contribution in [1.82, 2.24) is 0 Å². The molecule has 0 fully saturated rings. The van der Waals surface area contributed by atoms with Crippen LogP contribution in [-0.4, -0.2) is 5.60 Å². The van der Waals surface area contributed by atoms with Gasteiger partial charge in [0.2, 0.25) is 0 Å². The zero-order chi connectivity index (χ0) is 13.8. The van der Waals surface area contributed by atoms with Gasteiger partial charge in [-0.2, -0.15) is 0 Å². The molecule has 1 atom stereocenters. The molecule has 19 heavy (non-hydrogen) atoms. The van der Waals surface area contributed by atoms with Gasteiger partial charge in [0, 0.05) is 10.8 Å². The molecular weight excluding hydrogens is 232 g/mol. The van der Waals surface area contributed by atoms with Crippen LogP contribution in [0, 0.1) is 5.41 Å². The molecule has 0 radical (unpaired) electrons. The maximum atomic E-state index is 6.42. The van der Waals surface area contributed by atoms with Gasteiger partial charge in [-0.1, -0.05) is 57.2 Å². The van der Waals surface area contributed by atoms with Gasteiger partial charge in [-0.25, -0.2) is 0 Å². The van der Waals surface area contributed by atoms with E-state index in [9.17, 15) is 0 Å². The van der Waals surface area contributed by atoms with Crippen LogP contribution >= 0.6 is 0 Å². The second-order valence-electron chi connectivity index (χ2n) is 6.76. The molecule has 0 saturated heterocycles. The van der Waals surface area contributed by atoms with Crippen molar-refractivity contribution in [1.29, 1.82) is 0 Å². The molecule has 0 N–H and O–H groups in total. The fraction of sp³-hybridized carbons (Fsp3) is 0.444. The van der Waals surface area contributed by atoms with Crippen LogP contribution in [0.2, 0.25) is 0 Å². The summed E-state index contributed by atoms with van der Waals surface area (Å²) in [5, 5.41) is 2.49. The number of hydrogen-bond donors (Lipinski definition) is 0. The first-order valence-corrected chi connectivity index (χ1v) is 7.05. The van der Waals surface area contributed by atoms with E-state index in [4.69, 9.17) is 4.74 Å². The molecule has 0 bridgehead atoms. The summed E-state index contributed by atoms with van der Waals surface area (Å²) in [5.41, 5.74) is 1.29. The van der Waals surface area contributed by atoms with E-state index < -0.39 is 0 Å². The molecule has 1 nitrogen and oxygen atoms in total. The van der Waals surface area contributed by atoms with Crippen LogP contribution < -0.4 is 4.74 Å². The first-order valence-electron chi connectivity index (χ1n) is 7.05. The van der Waals surface area contributed by atoms with Crippen LogP contribution in [0.15, 0.2) is 36.4 Å². The maximum Gasteiger partial charge on any atom is 0.131 e. The maximum absolute atomic E-state index is 6.42. The summed E-state index contributed by atoms with van der Waals surface area (Å²) in [4.78, 5) is 0. The van der Waals surface area contributed by atoms with Crippen LogP contribution in [-0.2, 0) is 0 Å². The smallest absolute Gasteiger partial charge is 0.131 e. The Morgan fingerprint density at radius 2 is 1.63 bits per heavy atom. The van der Waals surface area contributed by atoms with Crippen molar-refractivity contribution >= 4 is 10.8 Å². The van der Waals surface area contributed by atoms with E-state index in [0.29, 0.717) is 5.92 Å². The topological polar surface area (TPSA) is 9.23 Å². The normalized spacial score (nSPS) is 23.7. The minimum Gasteiger partial charge on any atom is -0.486 e. The predicted octanol–water partition coefficient (Wildman–Crippen LogP) is 5.14. The number of rotatable bonds is 0. The first-order chi connectivity index (χ1) is 8.84. The van der Waals surface area contributed by atoms with Gasteiger partial charge in [-0.05, 0) is 30.7 Å². The van der Waals surface area contributed by atoms with Gasteiger partial charge in [0.05, 0.1) is 0 Å². The molecule has 100 valence electrons. The Labute approximate surface area is 115 Å². The zero-order valence-corrected chi connectivity index (χ0v) is 12.4. The van der Waals surface area contributed by atoms with E-state index in [-0.39, 0.29) is 11.0 Å². The fourth-order valence-corrected chi connectivity index (χ4v) is 3.01. The van der Waals surface area contributed by atoms with Gasteiger partial charge in [-0.3, -0.25) is 0 Å². The monoisotopic (exact) mass is 254 g/mol. The summed E-state index contributed by atoms with van der Waals surface area (Å²) < 4.78 is 6.42. The molecule has 1 aliphatic heterocycles. The van der Waals surface area contributed by atoms with E-state index in [1.54, 1.807) is 0 Å². The third kappa shape index (κ3) is 1.60. The van der Waals surface area contributed by atoms with Crippen LogP contribution in [0.3, 0.4) is 0 Å². The zero-order valence-electron chi connectivity index (χ0n) is 12.4. The Bertz CT molecular complexity index is 637. The molecule has 0 amide bonds. The highest BCUT2D eigenvalue weighted by atomic mass is 16.5. The summed E-state index contributed by atoms with van der Waals surface area (Å²) in [7, 11) is 0. The lowest BCUT2D eigenvalue weighted by atomic mass is 9.64. The molecule has 2 aromatic carbocycles. The molecule has 0 spiro atoms. The number of benzene rings is 2. The lowest BCUT2D eigenvalue weighted by molar-refractivity contribution is -0.0417. The molecule has 0 saturated carbocycles. The first kappa shape index (κ1) is 12.5. The fourth-order valence-electron chi connectivity index (χ4n) is 3.01. The van der Waals surface area contributed by atoms with Crippen LogP contribution in [0.5, 0.6) is 5.75 Å². The molecule has 1 heterocycles. The van der Waals surface area contributed by atoms with Crippen molar-refractivity contribution in [3.05, 3.63) is 42.0 Å². The van der Waals surface area contributed by atoms with E-state index in [1.807, 2.05) is 0 Å². The lowest BCUT2D eigenvalue weighted by Gasteiger charge is -2.50. The van der Waals surface area contributed by atoms with E-state index in [2.05, 4.69) is 71.0 Å². The average Bonchev–Trinajstić information content (AvgIpc) is 2.36. The highest BCUT2D eigenvalue weighted by Crippen LogP contribution is 2.54. The summed E-state index contributed by atoms with van der Waals surface area (Å²) in [6, 6.07) is 12.9. The molecule has 0 aromatic heterocycles. The van der Waals surface area contributed by atoms with E-state index in [1.165, 1.54) is 16.3 Å². The standard InChI is InChI=1S/C18H22O/c1-12-14-11-10-13-8-6-7-9-15(13)16(14)19-18(4,5)17(12,2)3/h6-12H,1-5H3. The molecular formula is C18H22O. The Kier molecular flexibility index (Phi) is 2.47. The lowest BCUT2D eigenvalue weighted by Crippen LogP contribution is -2.50. The van der Waals surface area contributed by atoms with Crippen molar-refractivity contribution in [2.45, 2.75) is 46.1 Å². The van der Waals surface area contributed by atoms with Crippen molar-refractivity contribution < 1.29 is 4.74 Å². The third-order valence-electron chi connectivity index (χ3n) is 5.37. The Morgan fingerprint density at radius 1 is 0.947 bits per heavy atom. The molecule has 1 unspecified atom stereocenters. The highest BCUT2D eigenvalue weighted by molar-refractivity contribution is 5.90. The quantitative estimate of drug-likeness (QED) is 0.632. The van der Waals surface area contributed by atoms with Gasteiger partial charge < -0.3 is 4.74 Å². The van der Waals surface area contributed by atoms with Crippen molar-refractivity contribution in [3.63, 3.8) is 0 Å². The summed E-state index contributed by atoms with van der Waals surface area (Å²) in [6.07, 6.45) is 0. The number of hydrogen-bond acceptors (Lipinski definition) is 1. The third-order valence-corrected chi connectivity index (χ3v) is 5.37. The Hall–Kier alpha value is -1.50. The van der Waals surface area contributed by atoms with Gasteiger partial charge in [-0.15, -0.1) is 0 Å². The number of fused-ring (bicyclic) bond motifs is 3. The van der Waals surface area contributed by atoms with Gasteiger partial charge >= 0.3 is 0 Å². The largest absolute Gasteiger partial charge is 0.486 e. The van der Waals surface area contributed by atoms with Crippen LogP contribution in [0.4, 0.5) is 0 Å². The molecule has 2 aromatic rings. The molecule has 1 aliphatic rings. The molecule has 3 rings (SSSR count). The van der Waals surface area contributed by atoms with Gasteiger partial charge in [0.1, 0.15) is 11.4 Å². The minimum absolute atomic E-state index is 0.114. The van der Waals surface area contributed by atoms with Crippen molar-refractivity contribution in [2.24, 2.45) is 5.41 Å². The van der Waals surface area contributed by atoms with Gasteiger partial charge in [0.25, 0.3) is 0 Å². The number of ether oxygens (including phenoxy) is 1. The molecule has 1 heteroatoms. The highest BCUT2D eigenvalue weighted by Gasteiger charge is 2.48. The van der Waals surface area contributed by atoms with E-state index in [0.717, 1.165) is 5.75 Å².